The van der Waals surface area contributed by atoms with Gasteiger partial charge in [-0.2, -0.15) is 0 Å². The van der Waals surface area contributed by atoms with Gasteiger partial charge in [0, 0.05) is 6.20 Å². The second kappa shape index (κ2) is 5.68. The van der Waals surface area contributed by atoms with Crippen LogP contribution in [0.25, 0.3) is 0 Å². The zero-order valence-electron chi connectivity index (χ0n) is 10.8. The van der Waals surface area contributed by atoms with E-state index in [2.05, 4.69) is 9.97 Å². The molecule has 1 aromatic heterocycles. The fraction of sp³-hybridized carbons (Fsp3) is 0.556. The fourth-order valence-corrected chi connectivity index (χ4v) is 2.34. The minimum Gasteiger partial charge on any atom is -0.428 e. The molecule has 0 amide bonds. The fourth-order valence-electron chi connectivity index (χ4n) is 1.80. The molecule has 2 heterocycles. The first kappa shape index (κ1) is 17.0. The number of rotatable bonds is 4. The zero-order valence-corrected chi connectivity index (χ0v) is 11.7. The van der Waals surface area contributed by atoms with Crippen molar-refractivity contribution in [3.8, 4) is 0 Å². The molecule has 1 aromatic rings. The molecule has 0 bridgehead atoms. The number of nitrogens with zero attached hydrogens (tertiary/aromatic N) is 1. The molecule has 22 heavy (non-hydrogen) atoms. The standard InChI is InChI=1S/C9H14N3O9P/c10-9(16,22(17,18)19)6-4(13)5(14)8(20-6)21-7(15)3-1-11-2-12-3/h1-2,4-6,8,13-14,16H,10H2,(H,11,12)(H2,17,18,19)/t4-,5+,6-,8?,9?/m0/s1. The van der Waals surface area contributed by atoms with Crippen LogP contribution >= 0.6 is 7.60 Å². The van der Waals surface area contributed by atoms with Crippen molar-refractivity contribution in [1.29, 1.82) is 0 Å². The molecular formula is C9H14N3O9P. The van der Waals surface area contributed by atoms with Gasteiger partial charge in [0.2, 0.25) is 11.8 Å². The average molecular weight is 339 g/mol. The molecule has 124 valence electrons. The maximum absolute atomic E-state index is 11.6. The largest absolute Gasteiger partial charge is 0.428 e. The van der Waals surface area contributed by atoms with Gasteiger partial charge in [-0.3, -0.25) is 10.3 Å². The minimum absolute atomic E-state index is 0.160. The molecule has 0 radical (unpaired) electrons. The molecule has 2 unspecified atom stereocenters. The van der Waals surface area contributed by atoms with E-state index >= 15 is 0 Å². The Kier molecular flexibility index (Phi) is 4.39. The van der Waals surface area contributed by atoms with E-state index < -0.39 is 43.6 Å². The lowest BCUT2D eigenvalue weighted by atomic mass is 10.1. The van der Waals surface area contributed by atoms with Crippen molar-refractivity contribution in [2.75, 3.05) is 0 Å². The summed E-state index contributed by atoms with van der Waals surface area (Å²) in [4.78, 5) is 35.6. The van der Waals surface area contributed by atoms with Crippen LogP contribution in [0.3, 0.4) is 0 Å². The number of nitrogens with two attached hydrogens (primary N) is 1. The molecule has 0 aromatic carbocycles. The van der Waals surface area contributed by atoms with E-state index in [4.69, 9.17) is 25.0 Å². The van der Waals surface area contributed by atoms with Crippen molar-refractivity contribution >= 4 is 13.6 Å². The zero-order chi connectivity index (χ0) is 16.7. The molecule has 1 saturated heterocycles. The number of carbonyl (C=O) groups excluding carboxylic acids is 1. The monoisotopic (exact) mass is 339 g/mol. The van der Waals surface area contributed by atoms with Gasteiger partial charge >= 0.3 is 13.6 Å². The minimum atomic E-state index is -5.31. The summed E-state index contributed by atoms with van der Waals surface area (Å²) in [6.07, 6.45) is -5.39. The molecular weight excluding hydrogens is 325 g/mol. The Morgan fingerprint density at radius 1 is 1.45 bits per heavy atom. The Bertz CT molecular complexity index is 585. The molecule has 1 fully saturated rings. The molecule has 1 aliphatic heterocycles. The Labute approximate surface area is 122 Å². The number of aliphatic hydroxyl groups is 3. The smallest absolute Gasteiger partial charge is 0.374 e. The highest BCUT2D eigenvalue weighted by Gasteiger charge is 2.60. The van der Waals surface area contributed by atoms with E-state index in [9.17, 15) is 24.7 Å². The summed E-state index contributed by atoms with van der Waals surface area (Å²) in [5.74, 6) is -1.03. The summed E-state index contributed by atoms with van der Waals surface area (Å²) in [6, 6.07) is 0. The topological polar surface area (TPSA) is 208 Å². The number of aromatic nitrogens is 2. The maximum Gasteiger partial charge on any atom is 0.374 e. The van der Waals surface area contributed by atoms with E-state index in [0.29, 0.717) is 0 Å². The second-order valence-corrected chi connectivity index (χ2v) is 6.40. The third kappa shape index (κ3) is 2.91. The van der Waals surface area contributed by atoms with Crippen molar-refractivity contribution in [2.45, 2.75) is 30.1 Å². The van der Waals surface area contributed by atoms with Gasteiger partial charge in [-0.25, -0.2) is 9.78 Å². The summed E-state index contributed by atoms with van der Waals surface area (Å²) in [7, 11) is -5.31. The number of aromatic amines is 1. The normalized spacial score (nSPS) is 31.7. The number of imidazole rings is 1. The molecule has 12 nitrogen and oxygen atoms in total. The second-order valence-electron chi connectivity index (χ2n) is 4.59. The van der Waals surface area contributed by atoms with E-state index in [1.807, 2.05) is 0 Å². The van der Waals surface area contributed by atoms with Crippen LogP contribution in [0.4, 0.5) is 0 Å². The third-order valence-corrected chi connectivity index (χ3v) is 4.22. The number of ether oxygens (including phenoxy) is 2. The molecule has 13 heteroatoms. The van der Waals surface area contributed by atoms with E-state index in [-0.39, 0.29) is 5.69 Å². The number of aliphatic hydroxyl groups excluding tert-OH is 2. The molecule has 1 aliphatic rings. The van der Waals surface area contributed by atoms with Gasteiger partial charge in [-0.1, -0.05) is 0 Å². The molecule has 8 N–H and O–H groups in total. The van der Waals surface area contributed by atoms with Gasteiger partial charge in [0.1, 0.15) is 18.3 Å². The Morgan fingerprint density at radius 2 is 2.09 bits per heavy atom. The summed E-state index contributed by atoms with van der Waals surface area (Å²) < 4.78 is 20.6. The summed E-state index contributed by atoms with van der Waals surface area (Å²) in [6.45, 7) is 0. The first-order chi connectivity index (χ1) is 10.1. The van der Waals surface area contributed by atoms with Crippen molar-refractivity contribution < 1.29 is 43.9 Å². The first-order valence-electron chi connectivity index (χ1n) is 5.84. The predicted octanol–water partition coefficient (Wildman–Crippen LogP) is -3.20. The SMILES string of the molecule is NC(O)([C@H]1OC(OC(=O)c2c[nH]cn2)[C@H](O)[C@@H]1O)P(=O)(O)O. The van der Waals surface area contributed by atoms with Gasteiger partial charge in [-0.15, -0.1) is 0 Å². The number of esters is 1. The Balaban J connectivity index is 2.14. The highest BCUT2D eigenvalue weighted by molar-refractivity contribution is 7.53. The van der Waals surface area contributed by atoms with Crippen LogP contribution in [0.2, 0.25) is 0 Å². The van der Waals surface area contributed by atoms with Crippen LogP contribution in [0, 0.1) is 0 Å². The van der Waals surface area contributed by atoms with Crippen LogP contribution in [0.15, 0.2) is 12.5 Å². The lowest BCUT2D eigenvalue weighted by Crippen LogP contribution is -2.55. The molecule has 5 atom stereocenters. The van der Waals surface area contributed by atoms with E-state index in [0.717, 1.165) is 0 Å². The molecule has 2 rings (SSSR count). The van der Waals surface area contributed by atoms with Crippen LogP contribution in [0.5, 0.6) is 0 Å². The maximum atomic E-state index is 11.6. The van der Waals surface area contributed by atoms with Crippen LogP contribution < -0.4 is 5.73 Å². The summed E-state index contributed by atoms with van der Waals surface area (Å²) in [5.41, 5.74) is 1.64. The number of hydrogen-bond acceptors (Lipinski definition) is 9. The number of H-pyrrole nitrogens is 1. The van der Waals surface area contributed by atoms with Crippen LogP contribution in [-0.2, 0) is 14.0 Å². The Morgan fingerprint density at radius 3 is 2.59 bits per heavy atom. The van der Waals surface area contributed by atoms with Gasteiger partial charge in [0.15, 0.2) is 5.69 Å². The van der Waals surface area contributed by atoms with E-state index in [1.54, 1.807) is 0 Å². The van der Waals surface area contributed by atoms with Gasteiger partial charge in [0.25, 0.3) is 0 Å². The number of nitrogens with one attached hydrogen (secondary N) is 1. The third-order valence-electron chi connectivity index (χ3n) is 3.04. The van der Waals surface area contributed by atoms with Crippen molar-refractivity contribution in [2.24, 2.45) is 5.73 Å². The lowest BCUT2D eigenvalue weighted by molar-refractivity contribution is -0.160. The molecule has 0 saturated carbocycles. The average Bonchev–Trinajstić information content (AvgIpc) is 3.01. The first-order valence-corrected chi connectivity index (χ1v) is 7.45. The highest BCUT2D eigenvalue weighted by Crippen LogP contribution is 2.50. The molecule has 0 spiro atoms. The quantitative estimate of drug-likeness (QED) is 0.165. The lowest BCUT2D eigenvalue weighted by Gasteiger charge is -2.30. The van der Waals surface area contributed by atoms with Crippen molar-refractivity contribution in [3.63, 3.8) is 0 Å². The molecule has 0 aliphatic carbocycles. The van der Waals surface area contributed by atoms with Gasteiger partial charge in [0.05, 0.1) is 6.33 Å². The van der Waals surface area contributed by atoms with Crippen LogP contribution in [0.1, 0.15) is 10.5 Å². The number of hydrogen-bond donors (Lipinski definition) is 7. The predicted molar refractivity (Wildman–Crippen MR) is 65.9 cm³/mol. The van der Waals surface area contributed by atoms with Crippen molar-refractivity contribution in [1.82, 2.24) is 9.97 Å². The van der Waals surface area contributed by atoms with Crippen LogP contribution in [-0.4, -0.2) is 71.1 Å². The summed E-state index contributed by atoms with van der Waals surface area (Å²) >= 11 is 0. The van der Waals surface area contributed by atoms with Gasteiger partial charge in [-0.05, 0) is 0 Å². The Hall–Kier alpha value is -1.37. The number of carbonyl (C=O) groups is 1. The highest BCUT2D eigenvalue weighted by atomic mass is 31.2. The van der Waals surface area contributed by atoms with Crippen molar-refractivity contribution in [3.05, 3.63) is 18.2 Å². The van der Waals surface area contributed by atoms with Gasteiger partial charge < -0.3 is 39.6 Å². The van der Waals surface area contributed by atoms with E-state index in [1.165, 1.54) is 12.5 Å². The summed E-state index contributed by atoms with van der Waals surface area (Å²) in [5, 5.41) is 29.0.